The first kappa shape index (κ1) is 10.2. The van der Waals surface area contributed by atoms with Gasteiger partial charge in [-0.05, 0) is 19.8 Å². The van der Waals surface area contributed by atoms with Gasteiger partial charge in [0, 0.05) is 24.7 Å². The average Bonchev–Trinajstić information content (AvgIpc) is 2.94. The minimum absolute atomic E-state index is 0.192. The van der Waals surface area contributed by atoms with Crippen LogP contribution >= 0.6 is 0 Å². The lowest BCUT2D eigenvalue weighted by Gasteiger charge is -2.03. The first-order valence-electron chi connectivity index (χ1n) is 5.20. The van der Waals surface area contributed by atoms with E-state index in [1.54, 1.807) is 6.92 Å². The number of hydrogen-bond acceptors (Lipinski definition) is 4. The van der Waals surface area contributed by atoms with Crippen LogP contribution in [0.1, 0.15) is 29.0 Å². The summed E-state index contributed by atoms with van der Waals surface area (Å²) in [4.78, 5) is 11.5. The summed E-state index contributed by atoms with van der Waals surface area (Å²) in [6.45, 7) is 3.23. The predicted molar refractivity (Wildman–Crippen MR) is 54.6 cm³/mol. The minimum Gasteiger partial charge on any atom is -0.351 e. The number of rotatable bonds is 5. The van der Waals surface area contributed by atoms with Crippen LogP contribution in [0, 0.1) is 6.92 Å². The number of amides is 1. The first-order chi connectivity index (χ1) is 7.27. The number of hydrogen-bond donors (Lipinski definition) is 2. The lowest BCUT2D eigenvalue weighted by atomic mass is 10.3. The van der Waals surface area contributed by atoms with Crippen molar-refractivity contribution >= 4 is 5.91 Å². The van der Waals surface area contributed by atoms with Crippen LogP contribution in [0.5, 0.6) is 0 Å². The number of nitrogens with zero attached hydrogens (tertiary/aromatic N) is 1. The molecular weight excluding hydrogens is 194 g/mol. The summed E-state index contributed by atoms with van der Waals surface area (Å²) in [5, 5.41) is 9.64. The molecule has 2 N–H and O–H groups in total. The van der Waals surface area contributed by atoms with Gasteiger partial charge in [0.25, 0.3) is 5.91 Å². The van der Waals surface area contributed by atoms with Gasteiger partial charge in [0.2, 0.25) is 5.76 Å². The summed E-state index contributed by atoms with van der Waals surface area (Å²) in [6.07, 6.45) is 4.06. The van der Waals surface area contributed by atoms with Crippen molar-refractivity contribution in [2.75, 3.05) is 13.1 Å². The van der Waals surface area contributed by atoms with E-state index >= 15 is 0 Å². The summed E-state index contributed by atoms with van der Waals surface area (Å²) < 4.78 is 4.83. The number of nitrogens with one attached hydrogen (secondary N) is 2. The number of aromatic nitrogens is 1. The summed E-state index contributed by atoms with van der Waals surface area (Å²) in [7, 11) is 0. The van der Waals surface area contributed by atoms with E-state index in [0.29, 0.717) is 18.3 Å². The molecule has 15 heavy (non-hydrogen) atoms. The highest BCUT2D eigenvalue weighted by Crippen LogP contribution is 2.17. The highest BCUT2D eigenvalue weighted by molar-refractivity contribution is 5.92. The summed E-state index contributed by atoms with van der Waals surface area (Å²) in [6, 6.07) is 0.675. The first-order valence-corrected chi connectivity index (χ1v) is 5.20. The van der Waals surface area contributed by atoms with E-state index in [2.05, 4.69) is 15.8 Å². The zero-order valence-corrected chi connectivity index (χ0v) is 8.75. The second-order valence-electron chi connectivity index (χ2n) is 3.82. The molecule has 0 saturated heterocycles. The quantitative estimate of drug-likeness (QED) is 0.691. The second-order valence-corrected chi connectivity index (χ2v) is 3.82. The maximum absolute atomic E-state index is 11.5. The van der Waals surface area contributed by atoms with E-state index < -0.39 is 0 Å². The lowest BCUT2D eigenvalue weighted by molar-refractivity contribution is 0.0916. The van der Waals surface area contributed by atoms with E-state index in [9.17, 15) is 4.79 Å². The Labute approximate surface area is 88.2 Å². The summed E-state index contributed by atoms with van der Waals surface area (Å²) in [5.74, 6) is 0.115. The molecule has 0 unspecified atom stereocenters. The number of carbonyl (C=O) groups excluding carboxylic acids is 1. The SMILES string of the molecule is Cc1cnoc1C(=O)NCCNC1CC1. The maximum atomic E-state index is 11.5. The summed E-state index contributed by atoms with van der Waals surface area (Å²) >= 11 is 0. The molecule has 0 aliphatic heterocycles. The topological polar surface area (TPSA) is 67.2 Å². The van der Waals surface area contributed by atoms with Crippen molar-refractivity contribution in [1.29, 1.82) is 0 Å². The third-order valence-corrected chi connectivity index (χ3v) is 2.38. The Morgan fingerprint density at radius 1 is 1.60 bits per heavy atom. The molecule has 0 bridgehead atoms. The molecule has 5 nitrogen and oxygen atoms in total. The van der Waals surface area contributed by atoms with Crippen LogP contribution in [0.15, 0.2) is 10.7 Å². The molecule has 0 spiro atoms. The third kappa shape index (κ3) is 2.79. The number of aryl methyl sites for hydroxylation is 1. The van der Waals surface area contributed by atoms with E-state index in [1.807, 2.05) is 0 Å². The fourth-order valence-electron chi connectivity index (χ4n) is 1.33. The molecule has 1 saturated carbocycles. The standard InChI is InChI=1S/C10H15N3O2/c1-7-6-13-15-9(7)10(14)12-5-4-11-8-2-3-8/h6,8,11H,2-5H2,1H3,(H,12,14). The van der Waals surface area contributed by atoms with Gasteiger partial charge in [-0.15, -0.1) is 0 Å². The molecule has 82 valence electrons. The maximum Gasteiger partial charge on any atom is 0.290 e. The van der Waals surface area contributed by atoms with Crippen LogP contribution in [-0.2, 0) is 0 Å². The molecule has 1 aliphatic rings. The van der Waals surface area contributed by atoms with Crippen LogP contribution < -0.4 is 10.6 Å². The zero-order valence-electron chi connectivity index (χ0n) is 8.75. The van der Waals surface area contributed by atoms with Gasteiger partial charge in [-0.2, -0.15) is 0 Å². The van der Waals surface area contributed by atoms with Crippen LogP contribution in [0.3, 0.4) is 0 Å². The van der Waals surface area contributed by atoms with Gasteiger partial charge >= 0.3 is 0 Å². The summed E-state index contributed by atoms with van der Waals surface area (Å²) in [5.41, 5.74) is 0.766. The zero-order chi connectivity index (χ0) is 10.7. The Hall–Kier alpha value is -1.36. The Bertz CT molecular complexity index is 344. The molecule has 1 fully saturated rings. The van der Waals surface area contributed by atoms with Crippen LogP contribution in [0.25, 0.3) is 0 Å². The van der Waals surface area contributed by atoms with Crippen molar-refractivity contribution in [3.8, 4) is 0 Å². The van der Waals surface area contributed by atoms with Gasteiger partial charge in [-0.1, -0.05) is 5.16 Å². The van der Waals surface area contributed by atoms with Crippen LogP contribution in [0.4, 0.5) is 0 Å². The average molecular weight is 209 g/mol. The second kappa shape index (κ2) is 4.44. The van der Waals surface area contributed by atoms with Crippen molar-refractivity contribution in [3.05, 3.63) is 17.5 Å². The smallest absolute Gasteiger partial charge is 0.290 e. The molecule has 5 heteroatoms. The van der Waals surface area contributed by atoms with Gasteiger partial charge in [0.1, 0.15) is 0 Å². The molecule has 1 aliphatic carbocycles. The number of carbonyl (C=O) groups is 1. The van der Waals surface area contributed by atoms with Crippen molar-refractivity contribution in [3.63, 3.8) is 0 Å². The Morgan fingerprint density at radius 2 is 2.40 bits per heavy atom. The van der Waals surface area contributed by atoms with E-state index in [0.717, 1.165) is 12.1 Å². The van der Waals surface area contributed by atoms with Gasteiger partial charge in [-0.25, -0.2) is 0 Å². The van der Waals surface area contributed by atoms with E-state index in [4.69, 9.17) is 4.52 Å². The molecule has 2 rings (SSSR count). The molecule has 0 aromatic carbocycles. The lowest BCUT2D eigenvalue weighted by Crippen LogP contribution is -2.32. The Balaban J connectivity index is 1.69. The third-order valence-electron chi connectivity index (χ3n) is 2.38. The van der Waals surface area contributed by atoms with Gasteiger partial charge in [0.15, 0.2) is 0 Å². The van der Waals surface area contributed by atoms with Crippen molar-refractivity contribution in [2.45, 2.75) is 25.8 Å². The fourth-order valence-corrected chi connectivity index (χ4v) is 1.33. The van der Waals surface area contributed by atoms with Gasteiger partial charge in [-0.3, -0.25) is 4.79 Å². The Kier molecular flexibility index (Phi) is 3.01. The molecular formula is C10H15N3O2. The molecule has 1 amide bonds. The predicted octanol–water partition coefficient (Wildman–Crippen LogP) is 0.465. The largest absolute Gasteiger partial charge is 0.351 e. The van der Waals surface area contributed by atoms with Crippen molar-refractivity contribution in [2.24, 2.45) is 0 Å². The van der Waals surface area contributed by atoms with Crippen LogP contribution in [-0.4, -0.2) is 30.2 Å². The van der Waals surface area contributed by atoms with E-state index in [-0.39, 0.29) is 5.91 Å². The van der Waals surface area contributed by atoms with E-state index in [1.165, 1.54) is 19.0 Å². The normalized spacial score (nSPS) is 15.3. The highest BCUT2D eigenvalue weighted by Gasteiger charge is 2.20. The molecule has 1 heterocycles. The van der Waals surface area contributed by atoms with Crippen molar-refractivity contribution in [1.82, 2.24) is 15.8 Å². The monoisotopic (exact) mass is 209 g/mol. The van der Waals surface area contributed by atoms with Gasteiger partial charge in [0.05, 0.1) is 6.20 Å². The molecule has 1 aromatic heterocycles. The molecule has 0 radical (unpaired) electrons. The van der Waals surface area contributed by atoms with Crippen molar-refractivity contribution < 1.29 is 9.32 Å². The van der Waals surface area contributed by atoms with Gasteiger partial charge < -0.3 is 15.2 Å². The molecule has 1 aromatic rings. The fraction of sp³-hybridized carbons (Fsp3) is 0.600. The molecule has 0 atom stereocenters. The Morgan fingerprint density at radius 3 is 3.00 bits per heavy atom. The van der Waals surface area contributed by atoms with Crippen LogP contribution in [0.2, 0.25) is 0 Å². The highest BCUT2D eigenvalue weighted by atomic mass is 16.5. The minimum atomic E-state index is -0.192.